The van der Waals surface area contributed by atoms with Crippen LogP contribution in [0.15, 0.2) is 36.5 Å². The summed E-state index contributed by atoms with van der Waals surface area (Å²) in [5.74, 6) is -0.100. The average Bonchev–Trinajstić information content (AvgIpc) is 2.53. The fourth-order valence-electron chi connectivity index (χ4n) is 2.50. The molecule has 1 saturated heterocycles. The fourth-order valence-corrected chi connectivity index (χ4v) is 2.50. The molecule has 2 aromatic rings. The van der Waals surface area contributed by atoms with Crippen LogP contribution < -0.4 is 0 Å². The number of carbonyl (C=O) groups is 1. The number of nitrogens with zero attached hydrogens (tertiary/aromatic N) is 2. The molecule has 5 nitrogen and oxygen atoms in total. The van der Waals surface area contributed by atoms with E-state index >= 15 is 0 Å². The largest absolute Gasteiger partial charge is 0.394 e. The van der Waals surface area contributed by atoms with Gasteiger partial charge in [0.1, 0.15) is 0 Å². The van der Waals surface area contributed by atoms with Crippen molar-refractivity contribution in [1.82, 2.24) is 9.88 Å². The van der Waals surface area contributed by atoms with Crippen LogP contribution >= 0.6 is 0 Å². The van der Waals surface area contributed by atoms with Crippen LogP contribution in [0.2, 0.25) is 0 Å². The van der Waals surface area contributed by atoms with Crippen molar-refractivity contribution in [2.24, 2.45) is 0 Å². The highest BCUT2D eigenvalue weighted by atomic mass is 16.5. The van der Waals surface area contributed by atoms with Crippen molar-refractivity contribution < 1.29 is 14.6 Å². The minimum atomic E-state index is -0.282. The van der Waals surface area contributed by atoms with E-state index in [0.717, 1.165) is 5.39 Å². The number of aliphatic hydroxyl groups excluding tert-OH is 1. The van der Waals surface area contributed by atoms with Crippen LogP contribution in [-0.4, -0.2) is 53.3 Å². The molecule has 20 heavy (non-hydrogen) atoms. The molecular formula is C15H16N2O3. The van der Waals surface area contributed by atoms with E-state index < -0.39 is 0 Å². The predicted octanol–water partition coefficient (Wildman–Crippen LogP) is 1.07. The topological polar surface area (TPSA) is 62.7 Å². The zero-order chi connectivity index (χ0) is 13.9. The second-order valence-electron chi connectivity index (χ2n) is 4.79. The molecule has 0 spiro atoms. The van der Waals surface area contributed by atoms with Crippen LogP contribution in [0.4, 0.5) is 0 Å². The number of morpholine rings is 1. The molecule has 1 aromatic carbocycles. The Kier molecular flexibility index (Phi) is 3.62. The van der Waals surface area contributed by atoms with Crippen molar-refractivity contribution in [2.45, 2.75) is 6.04 Å². The van der Waals surface area contributed by atoms with Crippen molar-refractivity contribution >= 4 is 16.8 Å². The van der Waals surface area contributed by atoms with E-state index in [-0.39, 0.29) is 18.6 Å². The molecule has 1 fully saturated rings. The molecule has 1 aromatic heterocycles. The van der Waals surface area contributed by atoms with Gasteiger partial charge < -0.3 is 14.7 Å². The summed E-state index contributed by atoms with van der Waals surface area (Å²) in [4.78, 5) is 18.7. The summed E-state index contributed by atoms with van der Waals surface area (Å²) in [6.45, 7) is 1.28. The maximum Gasteiger partial charge on any atom is 0.256 e. The minimum Gasteiger partial charge on any atom is -0.394 e. The van der Waals surface area contributed by atoms with E-state index in [0.29, 0.717) is 30.8 Å². The summed E-state index contributed by atoms with van der Waals surface area (Å²) in [6.07, 6.45) is 1.68. The van der Waals surface area contributed by atoms with Crippen molar-refractivity contribution in [1.29, 1.82) is 0 Å². The molecule has 2 heterocycles. The first-order valence-corrected chi connectivity index (χ1v) is 6.64. The van der Waals surface area contributed by atoms with Gasteiger partial charge in [0.25, 0.3) is 5.91 Å². The maximum absolute atomic E-state index is 12.7. The van der Waals surface area contributed by atoms with Crippen LogP contribution in [0, 0.1) is 0 Å². The predicted molar refractivity (Wildman–Crippen MR) is 74.5 cm³/mol. The van der Waals surface area contributed by atoms with Gasteiger partial charge in [0, 0.05) is 18.1 Å². The smallest absolute Gasteiger partial charge is 0.256 e. The highest BCUT2D eigenvalue weighted by Crippen LogP contribution is 2.19. The Labute approximate surface area is 116 Å². The number of aromatic nitrogens is 1. The third-order valence-corrected chi connectivity index (χ3v) is 3.56. The summed E-state index contributed by atoms with van der Waals surface area (Å²) in [5, 5.41) is 10.3. The molecule has 1 unspecified atom stereocenters. The van der Waals surface area contributed by atoms with Crippen molar-refractivity contribution in [3.63, 3.8) is 0 Å². The zero-order valence-corrected chi connectivity index (χ0v) is 11.0. The molecule has 0 saturated carbocycles. The third kappa shape index (κ3) is 2.26. The van der Waals surface area contributed by atoms with Gasteiger partial charge in [-0.15, -0.1) is 0 Å². The number of pyridine rings is 1. The van der Waals surface area contributed by atoms with Gasteiger partial charge in [-0.1, -0.05) is 18.2 Å². The lowest BCUT2D eigenvalue weighted by Crippen LogP contribution is -2.50. The second kappa shape index (κ2) is 5.56. The Bertz CT molecular complexity index is 624. The lowest BCUT2D eigenvalue weighted by atomic mass is 10.1. The van der Waals surface area contributed by atoms with Gasteiger partial charge in [-0.05, 0) is 12.1 Å². The summed E-state index contributed by atoms with van der Waals surface area (Å²) < 4.78 is 5.31. The Morgan fingerprint density at radius 2 is 2.25 bits per heavy atom. The van der Waals surface area contributed by atoms with E-state index in [1.54, 1.807) is 17.2 Å². The number of amides is 1. The molecule has 3 rings (SSSR count). The first-order chi connectivity index (χ1) is 9.81. The third-order valence-electron chi connectivity index (χ3n) is 3.56. The normalized spacial score (nSPS) is 19.2. The Morgan fingerprint density at radius 3 is 3.10 bits per heavy atom. The summed E-state index contributed by atoms with van der Waals surface area (Å²) >= 11 is 0. The quantitative estimate of drug-likeness (QED) is 0.888. The highest BCUT2D eigenvalue weighted by Gasteiger charge is 2.28. The minimum absolute atomic E-state index is 0.0933. The molecule has 1 N–H and O–H groups in total. The van der Waals surface area contributed by atoms with Gasteiger partial charge in [0.2, 0.25) is 0 Å². The standard InChI is InChI=1S/C15H16N2O3/c18-9-12-10-20-8-7-17(12)15(19)13-5-1-3-11-4-2-6-16-14(11)13/h1-6,12,18H,7-10H2. The number of hydrogen-bond donors (Lipinski definition) is 1. The van der Waals surface area contributed by atoms with Gasteiger partial charge in [0.05, 0.1) is 36.9 Å². The van der Waals surface area contributed by atoms with Gasteiger partial charge in [0.15, 0.2) is 0 Å². The number of rotatable bonds is 2. The lowest BCUT2D eigenvalue weighted by Gasteiger charge is -2.34. The van der Waals surface area contributed by atoms with E-state index in [2.05, 4.69) is 4.98 Å². The van der Waals surface area contributed by atoms with Gasteiger partial charge in [-0.25, -0.2) is 0 Å². The van der Waals surface area contributed by atoms with E-state index in [9.17, 15) is 9.90 Å². The Morgan fingerprint density at radius 1 is 1.40 bits per heavy atom. The molecule has 1 atom stereocenters. The Hall–Kier alpha value is -1.98. The fraction of sp³-hybridized carbons (Fsp3) is 0.333. The highest BCUT2D eigenvalue weighted by molar-refractivity contribution is 6.05. The first-order valence-electron chi connectivity index (χ1n) is 6.64. The molecular weight excluding hydrogens is 256 g/mol. The van der Waals surface area contributed by atoms with Crippen molar-refractivity contribution in [3.8, 4) is 0 Å². The second-order valence-corrected chi connectivity index (χ2v) is 4.79. The lowest BCUT2D eigenvalue weighted by molar-refractivity contribution is -0.0183. The number of aliphatic hydroxyl groups is 1. The molecule has 1 aliphatic rings. The van der Waals surface area contributed by atoms with Gasteiger partial charge >= 0.3 is 0 Å². The molecule has 5 heteroatoms. The van der Waals surface area contributed by atoms with Crippen LogP contribution in [0.5, 0.6) is 0 Å². The molecule has 0 bridgehead atoms. The summed E-state index contributed by atoms with van der Waals surface area (Å²) in [5.41, 5.74) is 1.27. The molecule has 0 aliphatic carbocycles. The zero-order valence-electron chi connectivity index (χ0n) is 11.0. The summed E-state index contributed by atoms with van der Waals surface area (Å²) in [6, 6.07) is 9.06. The maximum atomic E-state index is 12.7. The number of fused-ring (bicyclic) bond motifs is 1. The van der Waals surface area contributed by atoms with E-state index in [1.807, 2.05) is 24.3 Å². The van der Waals surface area contributed by atoms with Crippen LogP contribution in [-0.2, 0) is 4.74 Å². The van der Waals surface area contributed by atoms with Gasteiger partial charge in [-0.3, -0.25) is 9.78 Å². The SMILES string of the molecule is O=C(c1cccc2cccnc12)N1CCOCC1CO. The number of para-hydroxylation sites is 1. The monoisotopic (exact) mass is 272 g/mol. The molecule has 1 aliphatic heterocycles. The van der Waals surface area contributed by atoms with Gasteiger partial charge in [-0.2, -0.15) is 0 Å². The van der Waals surface area contributed by atoms with Crippen molar-refractivity contribution in [3.05, 3.63) is 42.1 Å². The summed E-state index contributed by atoms with van der Waals surface area (Å²) in [7, 11) is 0. The molecule has 104 valence electrons. The average molecular weight is 272 g/mol. The molecule has 0 radical (unpaired) electrons. The van der Waals surface area contributed by atoms with Crippen LogP contribution in [0.3, 0.4) is 0 Å². The Balaban J connectivity index is 1.99. The number of carbonyl (C=O) groups excluding carboxylic acids is 1. The molecule has 1 amide bonds. The number of ether oxygens (including phenoxy) is 1. The van der Waals surface area contributed by atoms with E-state index in [1.165, 1.54) is 0 Å². The number of hydrogen-bond acceptors (Lipinski definition) is 4. The van der Waals surface area contributed by atoms with Crippen molar-refractivity contribution in [2.75, 3.05) is 26.4 Å². The number of benzene rings is 1. The van der Waals surface area contributed by atoms with Crippen LogP contribution in [0.1, 0.15) is 10.4 Å². The first kappa shape index (κ1) is 13.0. The van der Waals surface area contributed by atoms with E-state index in [4.69, 9.17) is 4.74 Å². The van der Waals surface area contributed by atoms with Crippen LogP contribution in [0.25, 0.3) is 10.9 Å².